The summed E-state index contributed by atoms with van der Waals surface area (Å²) in [6.07, 6.45) is 0. The lowest BCUT2D eigenvalue weighted by Gasteiger charge is -2.06. The summed E-state index contributed by atoms with van der Waals surface area (Å²) in [6, 6.07) is 13.3. The van der Waals surface area contributed by atoms with Crippen LogP contribution in [0, 0.1) is 17.1 Å². The molecule has 0 aliphatic rings. The van der Waals surface area contributed by atoms with Crippen LogP contribution in [0.4, 0.5) is 10.3 Å². The Kier molecular flexibility index (Phi) is 2.43. The fourth-order valence-electron chi connectivity index (χ4n) is 2.07. The van der Waals surface area contributed by atoms with E-state index in [1.165, 1.54) is 12.1 Å². The minimum Gasteiger partial charge on any atom is -0.369 e. The minimum atomic E-state index is -0.315. The third kappa shape index (κ3) is 1.70. The summed E-state index contributed by atoms with van der Waals surface area (Å²) >= 11 is 0. The van der Waals surface area contributed by atoms with E-state index < -0.39 is 0 Å². The summed E-state index contributed by atoms with van der Waals surface area (Å²) in [7, 11) is 0. The highest BCUT2D eigenvalue weighted by Crippen LogP contribution is 2.25. The summed E-state index contributed by atoms with van der Waals surface area (Å²) in [5.74, 6) is -0.0474. The average molecular weight is 252 g/mol. The molecule has 3 aromatic rings. The molecule has 1 aromatic heterocycles. The zero-order valence-electron chi connectivity index (χ0n) is 9.84. The maximum Gasteiger partial charge on any atom is 0.205 e. The lowest BCUT2D eigenvalue weighted by atomic mass is 10.2. The van der Waals surface area contributed by atoms with E-state index in [-0.39, 0.29) is 11.8 Å². The molecule has 0 unspecified atom stereocenters. The lowest BCUT2D eigenvalue weighted by Crippen LogP contribution is -2.00. The number of rotatable bonds is 1. The number of anilines is 1. The fraction of sp³-hybridized carbons (Fsp3) is 0. The van der Waals surface area contributed by atoms with Crippen molar-refractivity contribution in [3.63, 3.8) is 0 Å². The van der Waals surface area contributed by atoms with E-state index in [2.05, 4.69) is 11.1 Å². The molecule has 4 nitrogen and oxygen atoms in total. The van der Waals surface area contributed by atoms with E-state index in [9.17, 15) is 4.39 Å². The molecule has 0 aliphatic heterocycles. The van der Waals surface area contributed by atoms with Gasteiger partial charge in [0.25, 0.3) is 0 Å². The molecule has 2 N–H and O–H groups in total. The van der Waals surface area contributed by atoms with Crippen molar-refractivity contribution in [2.75, 3.05) is 5.73 Å². The molecule has 0 saturated carbocycles. The highest BCUT2D eigenvalue weighted by molar-refractivity contribution is 5.85. The molecule has 1 heterocycles. The van der Waals surface area contributed by atoms with Crippen molar-refractivity contribution < 1.29 is 4.39 Å². The molecule has 0 amide bonds. The number of imidazole rings is 1. The Morgan fingerprint density at radius 3 is 2.58 bits per heavy atom. The maximum absolute atomic E-state index is 13.0. The number of nitrogens with two attached hydrogens (primary N) is 1. The molecular formula is C14H9FN4. The van der Waals surface area contributed by atoms with Crippen molar-refractivity contribution in [2.45, 2.75) is 0 Å². The van der Waals surface area contributed by atoms with Gasteiger partial charge in [0.05, 0.1) is 11.1 Å². The number of nitrogen functional groups attached to an aromatic ring is 1. The number of halogens is 1. The van der Waals surface area contributed by atoms with Gasteiger partial charge in [0.1, 0.15) is 17.4 Å². The van der Waals surface area contributed by atoms with Crippen LogP contribution in [0.3, 0.4) is 0 Å². The van der Waals surface area contributed by atoms with Gasteiger partial charge in [0.2, 0.25) is 5.95 Å². The second kappa shape index (κ2) is 4.10. The van der Waals surface area contributed by atoms with Crippen molar-refractivity contribution in [3.8, 4) is 11.8 Å². The van der Waals surface area contributed by atoms with Gasteiger partial charge in [-0.1, -0.05) is 6.07 Å². The second-order valence-electron chi connectivity index (χ2n) is 4.07. The number of nitriles is 1. The molecule has 0 spiro atoms. The molecule has 0 bridgehead atoms. The predicted molar refractivity (Wildman–Crippen MR) is 70.2 cm³/mol. The normalized spacial score (nSPS) is 10.5. The number of para-hydroxylation sites is 1. The van der Waals surface area contributed by atoms with Gasteiger partial charge in [-0.05, 0) is 36.4 Å². The molecule has 19 heavy (non-hydrogen) atoms. The predicted octanol–water partition coefficient (Wildman–Crippen LogP) is 2.62. The van der Waals surface area contributed by atoms with E-state index >= 15 is 0 Å². The Bertz CT molecular complexity index is 797. The number of hydrogen-bond acceptors (Lipinski definition) is 3. The van der Waals surface area contributed by atoms with E-state index in [0.29, 0.717) is 16.8 Å². The zero-order valence-corrected chi connectivity index (χ0v) is 9.84. The van der Waals surface area contributed by atoms with Crippen molar-refractivity contribution in [1.29, 1.82) is 5.26 Å². The Balaban J connectivity index is 2.33. The molecule has 0 atom stereocenters. The molecule has 0 fully saturated rings. The van der Waals surface area contributed by atoms with Gasteiger partial charge in [0.15, 0.2) is 0 Å². The Morgan fingerprint density at radius 2 is 1.89 bits per heavy atom. The largest absolute Gasteiger partial charge is 0.369 e. The first-order valence-electron chi connectivity index (χ1n) is 5.63. The highest BCUT2D eigenvalue weighted by atomic mass is 19.1. The van der Waals surface area contributed by atoms with Crippen molar-refractivity contribution in [1.82, 2.24) is 9.55 Å². The van der Waals surface area contributed by atoms with Gasteiger partial charge >= 0.3 is 0 Å². The van der Waals surface area contributed by atoms with E-state index in [1.54, 1.807) is 28.8 Å². The number of nitrogens with zero attached hydrogens (tertiary/aromatic N) is 3. The van der Waals surface area contributed by atoms with Gasteiger partial charge in [-0.3, -0.25) is 4.57 Å². The number of benzene rings is 2. The quantitative estimate of drug-likeness (QED) is 0.723. The SMILES string of the molecule is N#Cc1cccc2c1nc(N)n2-c1ccc(F)cc1. The zero-order chi connectivity index (χ0) is 13.4. The number of hydrogen-bond donors (Lipinski definition) is 1. The monoisotopic (exact) mass is 252 g/mol. The molecule has 5 heteroatoms. The van der Waals surface area contributed by atoms with Gasteiger partial charge < -0.3 is 5.73 Å². The van der Waals surface area contributed by atoms with Crippen LogP contribution < -0.4 is 5.73 Å². The van der Waals surface area contributed by atoms with Gasteiger partial charge in [-0.2, -0.15) is 5.26 Å². The van der Waals surface area contributed by atoms with Crippen LogP contribution in [-0.2, 0) is 0 Å². The molecule has 0 saturated heterocycles. The van der Waals surface area contributed by atoms with Crippen LogP contribution in [0.25, 0.3) is 16.7 Å². The summed E-state index contributed by atoms with van der Waals surface area (Å²) in [4.78, 5) is 4.21. The van der Waals surface area contributed by atoms with Crippen molar-refractivity contribution in [3.05, 3.63) is 53.8 Å². The first-order valence-corrected chi connectivity index (χ1v) is 5.63. The summed E-state index contributed by atoms with van der Waals surface area (Å²) in [5, 5.41) is 9.05. The smallest absolute Gasteiger partial charge is 0.205 e. The Hall–Kier alpha value is -2.87. The maximum atomic E-state index is 13.0. The molecule has 2 aromatic carbocycles. The third-order valence-electron chi connectivity index (χ3n) is 2.92. The number of aromatic nitrogens is 2. The molecule has 0 aliphatic carbocycles. The van der Waals surface area contributed by atoms with Crippen LogP contribution in [0.1, 0.15) is 5.56 Å². The Labute approximate surface area is 108 Å². The van der Waals surface area contributed by atoms with Crippen LogP contribution in [0.2, 0.25) is 0 Å². The summed E-state index contributed by atoms with van der Waals surface area (Å²) in [5.41, 5.74) is 8.34. The molecular weight excluding hydrogens is 243 g/mol. The lowest BCUT2D eigenvalue weighted by molar-refractivity contribution is 0.627. The first-order chi connectivity index (χ1) is 9.20. The van der Waals surface area contributed by atoms with Gasteiger partial charge in [-0.15, -0.1) is 0 Å². The molecule has 3 rings (SSSR count). The Morgan fingerprint density at radius 1 is 1.16 bits per heavy atom. The third-order valence-corrected chi connectivity index (χ3v) is 2.92. The van der Waals surface area contributed by atoms with E-state index in [1.807, 2.05) is 6.07 Å². The number of fused-ring (bicyclic) bond motifs is 1. The standard InChI is InChI=1S/C14H9FN4/c15-10-4-6-11(7-5-10)19-12-3-1-2-9(8-16)13(12)18-14(19)17/h1-7H,(H2,17,18). The average Bonchev–Trinajstić information content (AvgIpc) is 2.76. The van der Waals surface area contributed by atoms with Crippen LogP contribution >= 0.6 is 0 Å². The first kappa shape index (κ1) is 11.2. The van der Waals surface area contributed by atoms with E-state index in [4.69, 9.17) is 11.0 Å². The van der Waals surface area contributed by atoms with Gasteiger partial charge in [0, 0.05) is 5.69 Å². The van der Waals surface area contributed by atoms with Crippen molar-refractivity contribution in [2.24, 2.45) is 0 Å². The minimum absolute atomic E-state index is 0.268. The van der Waals surface area contributed by atoms with Crippen molar-refractivity contribution >= 4 is 17.0 Å². The van der Waals surface area contributed by atoms with Crippen LogP contribution in [0.5, 0.6) is 0 Å². The summed E-state index contributed by atoms with van der Waals surface area (Å²) < 4.78 is 14.7. The van der Waals surface area contributed by atoms with Gasteiger partial charge in [-0.25, -0.2) is 9.37 Å². The van der Waals surface area contributed by atoms with E-state index in [0.717, 1.165) is 5.52 Å². The van der Waals surface area contributed by atoms with Crippen LogP contribution in [-0.4, -0.2) is 9.55 Å². The fourth-order valence-corrected chi connectivity index (χ4v) is 2.07. The van der Waals surface area contributed by atoms with Crippen LogP contribution in [0.15, 0.2) is 42.5 Å². The second-order valence-corrected chi connectivity index (χ2v) is 4.07. The topological polar surface area (TPSA) is 67.6 Å². The molecule has 92 valence electrons. The molecule has 0 radical (unpaired) electrons. The highest BCUT2D eigenvalue weighted by Gasteiger charge is 2.12. The summed E-state index contributed by atoms with van der Waals surface area (Å²) in [6.45, 7) is 0.